The summed E-state index contributed by atoms with van der Waals surface area (Å²) in [5.41, 5.74) is 1.42. The summed E-state index contributed by atoms with van der Waals surface area (Å²) >= 11 is 0. The molecule has 1 rings (SSSR count). The lowest BCUT2D eigenvalue weighted by molar-refractivity contribution is 0.405. The molecule has 0 bridgehead atoms. The first-order valence-electron chi connectivity index (χ1n) is 7.84. The Hall–Kier alpha value is -0.920. The summed E-state index contributed by atoms with van der Waals surface area (Å²) in [4.78, 5) is 9.33. The minimum absolute atomic E-state index is 0.122. The van der Waals surface area contributed by atoms with Crippen LogP contribution in [0.1, 0.15) is 84.5 Å². The molecule has 2 nitrogen and oxygen atoms in total. The number of hydrogen-bond acceptors (Lipinski definition) is 2. The van der Waals surface area contributed by atoms with Crippen LogP contribution in [-0.2, 0) is 5.41 Å². The van der Waals surface area contributed by atoms with E-state index in [1.165, 1.54) is 12.0 Å². The molecule has 0 radical (unpaired) electrons. The van der Waals surface area contributed by atoms with E-state index in [0.29, 0.717) is 11.8 Å². The van der Waals surface area contributed by atoms with Gasteiger partial charge in [-0.05, 0) is 36.7 Å². The average molecular weight is 262 g/mol. The molecule has 0 saturated heterocycles. The molecule has 0 aliphatic carbocycles. The lowest BCUT2D eigenvalue weighted by Crippen LogP contribution is -2.23. The second kappa shape index (κ2) is 7.02. The SMILES string of the molecule is CCC(C)C(CC)c1cnc(C(C)(CC)CC)nc1. The van der Waals surface area contributed by atoms with E-state index in [1.807, 2.05) is 0 Å². The first-order chi connectivity index (χ1) is 9.02. The number of rotatable bonds is 7. The van der Waals surface area contributed by atoms with Crippen LogP contribution in [0.2, 0.25) is 0 Å². The Morgan fingerprint density at radius 1 is 1.00 bits per heavy atom. The summed E-state index contributed by atoms with van der Waals surface area (Å²) in [6.07, 6.45) is 8.67. The zero-order chi connectivity index (χ0) is 14.5. The molecule has 1 heterocycles. The lowest BCUT2D eigenvalue weighted by Gasteiger charge is -2.26. The second-order valence-corrected chi connectivity index (χ2v) is 6.01. The maximum absolute atomic E-state index is 4.67. The van der Waals surface area contributed by atoms with Crippen molar-refractivity contribution >= 4 is 0 Å². The summed E-state index contributed by atoms with van der Waals surface area (Å²) in [6.45, 7) is 13.5. The van der Waals surface area contributed by atoms with Gasteiger partial charge in [0.05, 0.1) is 0 Å². The topological polar surface area (TPSA) is 25.8 Å². The van der Waals surface area contributed by atoms with Gasteiger partial charge in [-0.25, -0.2) is 9.97 Å². The molecule has 0 aliphatic rings. The van der Waals surface area contributed by atoms with Crippen molar-refractivity contribution in [1.82, 2.24) is 9.97 Å². The fourth-order valence-electron chi connectivity index (χ4n) is 2.66. The van der Waals surface area contributed by atoms with Gasteiger partial charge in [-0.3, -0.25) is 0 Å². The van der Waals surface area contributed by atoms with Crippen LogP contribution in [0, 0.1) is 5.92 Å². The van der Waals surface area contributed by atoms with E-state index in [0.717, 1.165) is 25.1 Å². The Bertz CT molecular complexity index is 365. The van der Waals surface area contributed by atoms with Crippen molar-refractivity contribution < 1.29 is 0 Å². The summed E-state index contributed by atoms with van der Waals surface area (Å²) in [6, 6.07) is 0. The van der Waals surface area contributed by atoms with E-state index < -0.39 is 0 Å². The van der Waals surface area contributed by atoms with Gasteiger partial charge in [0.2, 0.25) is 0 Å². The van der Waals surface area contributed by atoms with E-state index in [4.69, 9.17) is 0 Å². The fourth-order valence-corrected chi connectivity index (χ4v) is 2.66. The van der Waals surface area contributed by atoms with E-state index in [1.54, 1.807) is 0 Å². The third kappa shape index (κ3) is 3.55. The van der Waals surface area contributed by atoms with E-state index in [-0.39, 0.29) is 5.41 Å². The number of nitrogens with zero attached hydrogens (tertiary/aromatic N) is 2. The van der Waals surface area contributed by atoms with Gasteiger partial charge < -0.3 is 0 Å². The maximum Gasteiger partial charge on any atom is 0.134 e. The molecule has 0 saturated carbocycles. The molecule has 2 atom stereocenters. The van der Waals surface area contributed by atoms with Crippen LogP contribution in [0.4, 0.5) is 0 Å². The monoisotopic (exact) mass is 262 g/mol. The van der Waals surface area contributed by atoms with Gasteiger partial charge in [-0.1, -0.05) is 48.0 Å². The van der Waals surface area contributed by atoms with Crippen molar-refractivity contribution in [3.05, 3.63) is 23.8 Å². The molecule has 0 amide bonds. The third-order valence-corrected chi connectivity index (χ3v) is 4.97. The summed E-state index contributed by atoms with van der Waals surface area (Å²) < 4.78 is 0. The smallest absolute Gasteiger partial charge is 0.134 e. The highest BCUT2D eigenvalue weighted by atomic mass is 14.9. The third-order valence-electron chi connectivity index (χ3n) is 4.97. The molecule has 2 unspecified atom stereocenters. The van der Waals surface area contributed by atoms with E-state index in [9.17, 15) is 0 Å². The lowest BCUT2D eigenvalue weighted by atomic mass is 9.83. The predicted molar refractivity (Wildman–Crippen MR) is 82.5 cm³/mol. The van der Waals surface area contributed by atoms with Crippen molar-refractivity contribution in [3.63, 3.8) is 0 Å². The quantitative estimate of drug-likeness (QED) is 0.683. The molecule has 0 aliphatic heterocycles. The minimum atomic E-state index is 0.122. The van der Waals surface area contributed by atoms with Gasteiger partial charge >= 0.3 is 0 Å². The molecular formula is C17H30N2. The molecule has 1 aromatic rings. The Kier molecular flexibility index (Phi) is 5.96. The van der Waals surface area contributed by atoms with Crippen LogP contribution in [0.25, 0.3) is 0 Å². The molecule has 0 spiro atoms. The van der Waals surface area contributed by atoms with Crippen molar-refractivity contribution in [2.75, 3.05) is 0 Å². The Labute approximate surface area is 119 Å². The standard InChI is InChI=1S/C17H30N2/c1-7-13(5)15(8-2)14-11-18-16(19-12-14)17(6,9-3)10-4/h11-13,15H,7-10H2,1-6H3. The van der Waals surface area contributed by atoms with Crippen LogP contribution >= 0.6 is 0 Å². The Morgan fingerprint density at radius 3 is 1.89 bits per heavy atom. The van der Waals surface area contributed by atoms with Gasteiger partial charge in [-0.15, -0.1) is 0 Å². The van der Waals surface area contributed by atoms with Gasteiger partial charge in [-0.2, -0.15) is 0 Å². The van der Waals surface area contributed by atoms with Crippen molar-refractivity contribution in [2.24, 2.45) is 5.92 Å². The van der Waals surface area contributed by atoms with Crippen molar-refractivity contribution in [3.8, 4) is 0 Å². The minimum Gasteiger partial charge on any atom is -0.240 e. The number of aromatic nitrogens is 2. The molecule has 2 heteroatoms. The predicted octanol–water partition coefficient (Wildman–Crippen LogP) is 5.09. The van der Waals surface area contributed by atoms with E-state index in [2.05, 4.69) is 63.9 Å². The highest BCUT2D eigenvalue weighted by Gasteiger charge is 2.26. The zero-order valence-corrected chi connectivity index (χ0v) is 13.5. The van der Waals surface area contributed by atoms with Gasteiger partial charge in [0.25, 0.3) is 0 Å². The summed E-state index contributed by atoms with van der Waals surface area (Å²) in [7, 11) is 0. The second-order valence-electron chi connectivity index (χ2n) is 6.01. The van der Waals surface area contributed by atoms with Crippen LogP contribution in [0.5, 0.6) is 0 Å². The van der Waals surface area contributed by atoms with Crippen molar-refractivity contribution in [1.29, 1.82) is 0 Å². The average Bonchev–Trinajstić information content (AvgIpc) is 2.47. The molecule has 1 aromatic heterocycles. The van der Waals surface area contributed by atoms with Gasteiger partial charge in [0, 0.05) is 17.8 Å². The van der Waals surface area contributed by atoms with Crippen molar-refractivity contribution in [2.45, 2.75) is 78.6 Å². The molecule has 0 N–H and O–H groups in total. The first-order valence-corrected chi connectivity index (χ1v) is 7.84. The first kappa shape index (κ1) is 16.1. The van der Waals surface area contributed by atoms with Crippen LogP contribution in [0.15, 0.2) is 12.4 Å². The highest BCUT2D eigenvalue weighted by molar-refractivity contribution is 5.15. The normalized spacial score (nSPS) is 15.3. The zero-order valence-electron chi connectivity index (χ0n) is 13.5. The van der Waals surface area contributed by atoms with Crippen LogP contribution in [0.3, 0.4) is 0 Å². The molecule has 0 aromatic carbocycles. The van der Waals surface area contributed by atoms with Crippen LogP contribution < -0.4 is 0 Å². The van der Waals surface area contributed by atoms with Gasteiger partial charge in [0.1, 0.15) is 5.82 Å². The fraction of sp³-hybridized carbons (Fsp3) is 0.765. The molecule has 108 valence electrons. The Morgan fingerprint density at radius 2 is 1.53 bits per heavy atom. The van der Waals surface area contributed by atoms with E-state index >= 15 is 0 Å². The Balaban J connectivity index is 2.98. The maximum atomic E-state index is 4.67. The van der Waals surface area contributed by atoms with Crippen LogP contribution in [-0.4, -0.2) is 9.97 Å². The number of hydrogen-bond donors (Lipinski definition) is 0. The summed E-state index contributed by atoms with van der Waals surface area (Å²) in [5.74, 6) is 2.29. The highest BCUT2D eigenvalue weighted by Crippen LogP contribution is 2.31. The molecular weight excluding hydrogens is 232 g/mol. The summed E-state index contributed by atoms with van der Waals surface area (Å²) in [5, 5.41) is 0. The largest absolute Gasteiger partial charge is 0.240 e. The molecule has 0 fully saturated rings. The molecule has 19 heavy (non-hydrogen) atoms. The van der Waals surface area contributed by atoms with Gasteiger partial charge in [0.15, 0.2) is 0 Å².